The largest absolute Gasteiger partial charge is 0.454 e. The van der Waals surface area contributed by atoms with Gasteiger partial charge in [-0.1, -0.05) is 36.1 Å². The number of hydrogen-bond donors (Lipinski definition) is 2. The van der Waals surface area contributed by atoms with Gasteiger partial charge in [-0.05, 0) is 17.7 Å². The summed E-state index contributed by atoms with van der Waals surface area (Å²) in [6.07, 6.45) is 3.10. The third-order valence-corrected chi connectivity index (χ3v) is 6.83. The monoisotopic (exact) mass is 517 g/mol. The molecule has 0 aliphatic carbocycles. The predicted molar refractivity (Wildman–Crippen MR) is 140 cm³/mol. The Hall–Kier alpha value is -3.16. The van der Waals surface area contributed by atoms with E-state index in [0.717, 1.165) is 36.7 Å². The molecule has 2 aliphatic heterocycles. The summed E-state index contributed by atoms with van der Waals surface area (Å²) in [5.41, 5.74) is 1.04. The molecule has 0 spiro atoms. The van der Waals surface area contributed by atoms with Crippen LogP contribution in [-0.4, -0.2) is 75.9 Å². The second-order valence-electron chi connectivity index (χ2n) is 7.83. The maximum absolute atomic E-state index is 11.9. The highest BCUT2D eigenvalue weighted by atomic mass is 32.2. The maximum Gasteiger partial charge on any atom is 0.353 e. The van der Waals surface area contributed by atoms with Crippen molar-refractivity contribution in [1.29, 1.82) is 0 Å². The first-order valence-electron chi connectivity index (χ1n) is 11.2. The molecule has 11 nitrogen and oxygen atoms in total. The number of fused-ring (bicyclic) bond motifs is 1. The van der Waals surface area contributed by atoms with E-state index < -0.39 is 4.92 Å². The van der Waals surface area contributed by atoms with Crippen molar-refractivity contribution in [3.05, 3.63) is 52.9 Å². The number of aromatic nitrogens is 2. The van der Waals surface area contributed by atoms with Gasteiger partial charge in [-0.3, -0.25) is 15.0 Å². The lowest BCUT2D eigenvalue weighted by atomic mass is 10.1. The van der Waals surface area contributed by atoms with Gasteiger partial charge in [-0.2, -0.15) is 0 Å². The van der Waals surface area contributed by atoms with Crippen LogP contribution in [0.1, 0.15) is 5.56 Å². The van der Waals surface area contributed by atoms with E-state index in [1.54, 1.807) is 6.08 Å². The summed E-state index contributed by atoms with van der Waals surface area (Å²) in [5, 5.41) is 18.0. The Morgan fingerprint density at radius 2 is 2.06 bits per heavy atom. The van der Waals surface area contributed by atoms with Gasteiger partial charge in [0.2, 0.25) is 18.4 Å². The predicted octanol–water partition coefficient (Wildman–Crippen LogP) is 2.64. The first kappa shape index (κ1) is 24.9. The molecular weight excluding hydrogens is 490 g/mol. The Morgan fingerprint density at radius 1 is 1.26 bits per heavy atom. The number of thioether (sulfide) groups is 1. The van der Waals surface area contributed by atoms with Gasteiger partial charge in [-0.25, -0.2) is 9.97 Å². The standard InChI is InChI=1S/C22H27N7O4S2/c1-2-5-24-22(34)35-11-6-23-20-19(29(30)31)21(26-14-25-20)28-9-7-27(8-10-28)13-16-3-4-17-18(12-16)33-15-32-17/h2-4,12,14H,1,5-11,13,15H2,(H,24,34)(H,23,25,26). The fourth-order valence-electron chi connectivity index (χ4n) is 3.83. The second-order valence-corrected chi connectivity index (χ2v) is 9.61. The van der Waals surface area contributed by atoms with Gasteiger partial charge in [0.25, 0.3) is 0 Å². The molecule has 4 rings (SSSR count). The lowest BCUT2D eigenvalue weighted by molar-refractivity contribution is -0.383. The van der Waals surface area contributed by atoms with Crippen LogP contribution in [0.25, 0.3) is 0 Å². The number of nitrogens with zero attached hydrogens (tertiary/aromatic N) is 5. The van der Waals surface area contributed by atoms with E-state index in [1.165, 1.54) is 18.1 Å². The summed E-state index contributed by atoms with van der Waals surface area (Å²) < 4.78 is 11.5. The van der Waals surface area contributed by atoms with Crippen LogP contribution in [0.5, 0.6) is 11.5 Å². The lowest BCUT2D eigenvalue weighted by Crippen LogP contribution is -2.46. The summed E-state index contributed by atoms with van der Waals surface area (Å²) in [5.74, 6) is 2.73. The van der Waals surface area contributed by atoms with Crippen molar-refractivity contribution < 1.29 is 14.4 Å². The summed E-state index contributed by atoms with van der Waals surface area (Å²) in [6, 6.07) is 5.96. The van der Waals surface area contributed by atoms with Crippen molar-refractivity contribution in [1.82, 2.24) is 20.2 Å². The fourth-order valence-corrected chi connectivity index (χ4v) is 4.74. The zero-order valence-corrected chi connectivity index (χ0v) is 20.8. The van der Waals surface area contributed by atoms with E-state index in [9.17, 15) is 10.1 Å². The van der Waals surface area contributed by atoms with Crippen LogP contribution < -0.4 is 25.0 Å². The second kappa shape index (κ2) is 12.0. The van der Waals surface area contributed by atoms with Gasteiger partial charge >= 0.3 is 5.69 Å². The molecule has 0 saturated carbocycles. The zero-order valence-electron chi connectivity index (χ0n) is 19.1. The van der Waals surface area contributed by atoms with E-state index in [0.29, 0.717) is 42.1 Å². The first-order valence-corrected chi connectivity index (χ1v) is 12.5. The molecule has 0 atom stereocenters. The smallest absolute Gasteiger partial charge is 0.353 e. The Morgan fingerprint density at radius 3 is 2.83 bits per heavy atom. The molecular formula is C22H27N7O4S2. The molecule has 1 aromatic heterocycles. The van der Waals surface area contributed by atoms with E-state index in [1.807, 2.05) is 23.1 Å². The number of nitrogens with one attached hydrogen (secondary N) is 2. The molecule has 1 aromatic carbocycles. The van der Waals surface area contributed by atoms with Gasteiger partial charge < -0.3 is 25.0 Å². The van der Waals surface area contributed by atoms with Crippen LogP contribution in [0.3, 0.4) is 0 Å². The van der Waals surface area contributed by atoms with Crippen LogP contribution in [-0.2, 0) is 6.54 Å². The highest BCUT2D eigenvalue weighted by Gasteiger charge is 2.29. The Balaban J connectivity index is 1.33. The van der Waals surface area contributed by atoms with Gasteiger partial charge in [0, 0.05) is 51.6 Å². The Kier molecular flexibility index (Phi) is 8.55. The number of rotatable bonds is 10. The number of thiocarbonyl (C=S) groups is 1. The molecule has 0 unspecified atom stereocenters. The number of anilines is 2. The van der Waals surface area contributed by atoms with Crippen LogP contribution in [0.15, 0.2) is 37.2 Å². The van der Waals surface area contributed by atoms with Gasteiger partial charge in [0.1, 0.15) is 10.6 Å². The average molecular weight is 518 g/mol. The molecule has 186 valence electrons. The normalized spacial score (nSPS) is 15.0. The minimum atomic E-state index is -0.417. The average Bonchev–Trinajstić information content (AvgIpc) is 3.33. The Labute approximate surface area is 213 Å². The van der Waals surface area contributed by atoms with E-state index >= 15 is 0 Å². The summed E-state index contributed by atoms with van der Waals surface area (Å²) in [6.45, 7) is 8.50. The van der Waals surface area contributed by atoms with Crippen molar-refractivity contribution in [3.63, 3.8) is 0 Å². The van der Waals surface area contributed by atoms with Crippen molar-refractivity contribution in [2.45, 2.75) is 6.54 Å². The minimum Gasteiger partial charge on any atom is -0.454 e. The lowest BCUT2D eigenvalue weighted by Gasteiger charge is -2.35. The molecule has 1 fully saturated rings. The first-order chi connectivity index (χ1) is 17.0. The molecule has 35 heavy (non-hydrogen) atoms. The summed E-state index contributed by atoms with van der Waals surface area (Å²) in [7, 11) is 0. The molecule has 13 heteroatoms. The van der Waals surface area contributed by atoms with E-state index in [4.69, 9.17) is 21.7 Å². The molecule has 2 N–H and O–H groups in total. The van der Waals surface area contributed by atoms with Crippen molar-refractivity contribution >= 4 is 45.6 Å². The van der Waals surface area contributed by atoms with Gasteiger partial charge in [-0.15, -0.1) is 6.58 Å². The maximum atomic E-state index is 11.9. The van der Waals surface area contributed by atoms with Crippen LogP contribution in [0.2, 0.25) is 0 Å². The molecule has 2 aliphatic rings. The number of benzene rings is 1. The van der Waals surface area contributed by atoms with Crippen LogP contribution in [0.4, 0.5) is 17.3 Å². The summed E-state index contributed by atoms with van der Waals surface area (Å²) in [4.78, 5) is 24.2. The number of piperazine rings is 1. The number of nitro groups is 1. The molecule has 2 aromatic rings. The van der Waals surface area contributed by atoms with Crippen molar-refractivity contribution in [2.24, 2.45) is 0 Å². The minimum absolute atomic E-state index is 0.103. The molecule has 0 amide bonds. The highest BCUT2D eigenvalue weighted by molar-refractivity contribution is 8.22. The zero-order chi connectivity index (χ0) is 24.6. The topological polar surface area (TPSA) is 118 Å². The SMILES string of the molecule is C=CCNC(=S)SCCNc1ncnc(N2CCN(Cc3ccc4c(c3)OCO4)CC2)c1[N+](=O)[O-]. The Bertz CT molecular complexity index is 1080. The highest BCUT2D eigenvalue weighted by Crippen LogP contribution is 2.34. The third kappa shape index (κ3) is 6.50. The quantitative estimate of drug-likeness (QED) is 0.159. The van der Waals surface area contributed by atoms with E-state index in [-0.39, 0.29) is 18.3 Å². The van der Waals surface area contributed by atoms with Crippen LogP contribution in [0, 0.1) is 10.1 Å². The number of ether oxygens (including phenoxy) is 2. The van der Waals surface area contributed by atoms with Crippen LogP contribution >= 0.6 is 24.0 Å². The fraction of sp³-hybridized carbons (Fsp3) is 0.409. The van der Waals surface area contributed by atoms with E-state index in [2.05, 4.69) is 32.1 Å². The third-order valence-electron chi connectivity index (χ3n) is 5.52. The molecule has 3 heterocycles. The van der Waals surface area contributed by atoms with Crippen molar-refractivity contribution in [3.8, 4) is 11.5 Å². The van der Waals surface area contributed by atoms with Crippen molar-refractivity contribution in [2.75, 3.05) is 62.0 Å². The number of hydrogen-bond acceptors (Lipinski definition) is 11. The summed E-state index contributed by atoms with van der Waals surface area (Å²) >= 11 is 6.67. The molecule has 0 bridgehead atoms. The van der Waals surface area contributed by atoms with Gasteiger partial charge in [0.15, 0.2) is 11.5 Å². The van der Waals surface area contributed by atoms with Gasteiger partial charge in [0.05, 0.1) is 4.92 Å². The molecule has 1 saturated heterocycles. The molecule has 0 radical (unpaired) electrons.